The van der Waals surface area contributed by atoms with Gasteiger partial charge in [-0.25, -0.2) is 9.97 Å². The number of aryl methyl sites for hydroxylation is 1. The monoisotopic (exact) mass is 145 g/mol. The van der Waals surface area contributed by atoms with E-state index < -0.39 is 0 Å². The van der Waals surface area contributed by atoms with E-state index in [1.165, 1.54) is 0 Å². The second kappa shape index (κ2) is 3.25. The van der Waals surface area contributed by atoms with E-state index in [2.05, 4.69) is 9.97 Å². The normalized spacial score (nSPS) is 8.11. The molecular formula is C5H8ClN3. The Morgan fingerprint density at radius 1 is 1.56 bits per heavy atom. The first-order valence-corrected chi connectivity index (χ1v) is 2.34. The lowest BCUT2D eigenvalue weighted by Crippen LogP contribution is -1.92. The van der Waals surface area contributed by atoms with Gasteiger partial charge in [0.15, 0.2) is 0 Å². The summed E-state index contributed by atoms with van der Waals surface area (Å²) in [5.74, 6) is 1.24. The van der Waals surface area contributed by atoms with Crippen molar-refractivity contribution in [3.8, 4) is 0 Å². The van der Waals surface area contributed by atoms with Crippen molar-refractivity contribution in [3.05, 3.63) is 18.1 Å². The van der Waals surface area contributed by atoms with Gasteiger partial charge in [-0.2, -0.15) is 0 Å². The van der Waals surface area contributed by atoms with Gasteiger partial charge >= 0.3 is 0 Å². The van der Waals surface area contributed by atoms with Crippen molar-refractivity contribution in [2.75, 3.05) is 5.73 Å². The third kappa shape index (κ3) is 2.28. The summed E-state index contributed by atoms with van der Waals surface area (Å²) in [6, 6.07) is 1.66. The molecule has 0 unspecified atom stereocenters. The number of anilines is 1. The van der Waals surface area contributed by atoms with Crippen molar-refractivity contribution in [3.63, 3.8) is 0 Å². The Kier molecular flexibility index (Phi) is 2.95. The molecule has 0 atom stereocenters. The molecule has 0 spiro atoms. The Morgan fingerprint density at radius 3 is 2.56 bits per heavy atom. The zero-order chi connectivity index (χ0) is 5.98. The Hall–Kier alpha value is -0.830. The average molecular weight is 146 g/mol. The minimum absolute atomic E-state index is 0. The fraction of sp³-hybridized carbons (Fsp3) is 0.200. The lowest BCUT2D eigenvalue weighted by Gasteiger charge is -1.89. The Balaban J connectivity index is 0.000000640. The molecule has 0 amide bonds. The van der Waals surface area contributed by atoms with E-state index in [1.54, 1.807) is 19.2 Å². The molecule has 2 N–H and O–H groups in total. The highest BCUT2D eigenvalue weighted by Gasteiger charge is 1.83. The minimum Gasteiger partial charge on any atom is -0.384 e. The van der Waals surface area contributed by atoms with Gasteiger partial charge in [-0.15, -0.1) is 12.4 Å². The summed E-state index contributed by atoms with van der Waals surface area (Å²) in [6.45, 7) is 1.80. The van der Waals surface area contributed by atoms with Crippen LogP contribution in [0.15, 0.2) is 12.3 Å². The summed E-state index contributed by atoms with van der Waals surface area (Å²) in [4.78, 5) is 7.69. The topological polar surface area (TPSA) is 51.8 Å². The average Bonchev–Trinajstić information content (AvgIpc) is 1.64. The van der Waals surface area contributed by atoms with Crippen molar-refractivity contribution in [1.29, 1.82) is 0 Å². The molecule has 0 aliphatic heterocycles. The highest BCUT2D eigenvalue weighted by Crippen LogP contribution is 1.92. The van der Waals surface area contributed by atoms with Crippen LogP contribution in [0.2, 0.25) is 0 Å². The number of rotatable bonds is 0. The van der Waals surface area contributed by atoms with Crippen LogP contribution in [0.1, 0.15) is 5.82 Å². The van der Waals surface area contributed by atoms with E-state index in [4.69, 9.17) is 5.73 Å². The molecule has 1 heterocycles. The van der Waals surface area contributed by atoms with Crippen molar-refractivity contribution in [2.24, 2.45) is 0 Å². The highest BCUT2D eigenvalue weighted by molar-refractivity contribution is 5.85. The summed E-state index contributed by atoms with van der Waals surface area (Å²) in [7, 11) is 0. The van der Waals surface area contributed by atoms with Gasteiger partial charge in [0, 0.05) is 6.20 Å². The number of nitrogens with zero attached hydrogens (tertiary/aromatic N) is 2. The number of halogens is 1. The molecule has 9 heavy (non-hydrogen) atoms. The number of hydrogen-bond acceptors (Lipinski definition) is 3. The number of hydrogen-bond donors (Lipinski definition) is 1. The van der Waals surface area contributed by atoms with E-state index in [-0.39, 0.29) is 12.4 Å². The zero-order valence-electron chi connectivity index (χ0n) is 5.03. The number of aromatic nitrogens is 2. The van der Waals surface area contributed by atoms with Crippen LogP contribution in [0.25, 0.3) is 0 Å². The minimum atomic E-state index is 0. The van der Waals surface area contributed by atoms with Gasteiger partial charge < -0.3 is 5.73 Å². The zero-order valence-corrected chi connectivity index (χ0v) is 5.85. The summed E-state index contributed by atoms with van der Waals surface area (Å²) >= 11 is 0. The largest absolute Gasteiger partial charge is 0.384 e. The molecule has 3 nitrogen and oxygen atoms in total. The van der Waals surface area contributed by atoms with Crippen LogP contribution < -0.4 is 5.73 Å². The van der Waals surface area contributed by atoms with Crippen molar-refractivity contribution < 1.29 is 0 Å². The molecule has 0 aliphatic rings. The van der Waals surface area contributed by atoms with Crippen molar-refractivity contribution >= 4 is 18.2 Å². The molecule has 1 rings (SSSR count). The number of nitrogen functional groups attached to an aromatic ring is 1. The fourth-order valence-corrected chi connectivity index (χ4v) is 0.474. The molecule has 0 aromatic carbocycles. The van der Waals surface area contributed by atoms with Gasteiger partial charge in [0.25, 0.3) is 0 Å². The molecule has 0 saturated heterocycles. The predicted molar refractivity (Wildman–Crippen MR) is 38.4 cm³/mol. The first-order valence-electron chi connectivity index (χ1n) is 2.34. The fourth-order valence-electron chi connectivity index (χ4n) is 0.474. The Morgan fingerprint density at radius 2 is 2.22 bits per heavy atom. The predicted octanol–water partition coefficient (Wildman–Crippen LogP) is 0.789. The highest BCUT2D eigenvalue weighted by atomic mass is 35.5. The van der Waals surface area contributed by atoms with Crippen molar-refractivity contribution in [1.82, 2.24) is 9.97 Å². The summed E-state index contributed by atoms with van der Waals surface area (Å²) in [6.07, 6.45) is 1.64. The summed E-state index contributed by atoms with van der Waals surface area (Å²) in [5.41, 5.74) is 5.31. The molecule has 0 fully saturated rings. The SMILES string of the molecule is Cc1nccc(N)n1.Cl. The van der Waals surface area contributed by atoms with E-state index in [1.807, 2.05) is 0 Å². The number of nitrogens with two attached hydrogens (primary N) is 1. The Labute approximate surface area is 59.7 Å². The first-order chi connectivity index (χ1) is 3.79. The third-order valence-corrected chi connectivity index (χ3v) is 0.798. The molecular weight excluding hydrogens is 138 g/mol. The van der Waals surface area contributed by atoms with Gasteiger partial charge in [0.05, 0.1) is 0 Å². The van der Waals surface area contributed by atoms with Crippen LogP contribution in [0.3, 0.4) is 0 Å². The van der Waals surface area contributed by atoms with Gasteiger partial charge in [-0.1, -0.05) is 0 Å². The van der Waals surface area contributed by atoms with E-state index in [9.17, 15) is 0 Å². The second-order valence-corrected chi connectivity index (χ2v) is 1.53. The lowest BCUT2D eigenvalue weighted by atomic mass is 10.6. The molecule has 1 aromatic heterocycles. The smallest absolute Gasteiger partial charge is 0.127 e. The van der Waals surface area contributed by atoms with Gasteiger partial charge in [-0.05, 0) is 13.0 Å². The van der Waals surface area contributed by atoms with Gasteiger partial charge in [-0.3, -0.25) is 0 Å². The molecule has 0 radical (unpaired) electrons. The van der Waals surface area contributed by atoms with Crippen LogP contribution in [0.4, 0.5) is 5.82 Å². The van der Waals surface area contributed by atoms with E-state index >= 15 is 0 Å². The first kappa shape index (κ1) is 8.17. The summed E-state index contributed by atoms with van der Waals surface area (Å²) < 4.78 is 0. The van der Waals surface area contributed by atoms with Gasteiger partial charge in [0.2, 0.25) is 0 Å². The quantitative estimate of drug-likeness (QED) is 0.587. The molecule has 0 aliphatic carbocycles. The summed E-state index contributed by atoms with van der Waals surface area (Å²) in [5, 5.41) is 0. The standard InChI is InChI=1S/C5H7N3.ClH/c1-4-7-3-2-5(6)8-4;/h2-3H,1H3,(H2,6,7,8);1H. The molecule has 4 heteroatoms. The molecule has 0 saturated carbocycles. The maximum Gasteiger partial charge on any atom is 0.127 e. The van der Waals surface area contributed by atoms with Crippen LogP contribution >= 0.6 is 12.4 Å². The van der Waals surface area contributed by atoms with Crippen LogP contribution in [-0.4, -0.2) is 9.97 Å². The van der Waals surface area contributed by atoms with Crippen LogP contribution in [-0.2, 0) is 0 Å². The Bertz CT molecular complexity index is 172. The maximum absolute atomic E-state index is 5.31. The molecule has 50 valence electrons. The second-order valence-electron chi connectivity index (χ2n) is 1.53. The van der Waals surface area contributed by atoms with E-state index in [0.29, 0.717) is 11.6 Å². The van der Waals surface area contributed by atoms with Gasteiger partial charge in [0.1, 0.15) is 11.6 Å². The molecule has 0 bridgehead atoms. The van der Waals surface area contributed by atoms with Crippen LogP contribution in [0.5, 0.6) is 0 Å². The van der Waals surface area contributed by atoms with Crippen molar-refractivity contribution in [2.45, 2.75) is 6.92 Å². The third-order valence-electron chi connectivity index (χ3n) is 0.798. The molecule has 1 aromatic rings. The maximum atomic E-state index is 5.31. The van der Waals surface area contributed by atoms with Crippen LogP contribution in [0, 0.1) is 6.92 Å². The lowest BCUT2D eigenvalue weighted by molar-refractivity contribution is 1.06. The van der Waals surface area contributed by atoms with E-state index in [0.717, 1.165) is 0 Å².